The molecule has 0 saturated heterocycles. The number of nitrogen functional groups attached to an aromatic ring is 1. The van der Waals surface area contributed by atoms with E-state index in [1.165, 1.54) is 0 Å². The Balaban J connectivity index is 0.00000162. The fourth-order valence-electron chi connectivity index (χ4n) is 1.37. The first-order chi connectivity index (χ1) is 7.88. The number of hydrogen-bond acceptors (Lipinski definition) is 4. The van der Waals surface area contributed by atoms with Crippen molar-refractivity contribution in [1.29, 1.82) is 0 Å². The van der Waals surface area contributed by atoms with Gasteiger partial charge in [0.05, 0.1) is 5.56 Å². The first-order valence-corrected chi connectivity index (χ1v) is 6.07. The quantitative estimate of drug-likeness (QED) is 0.807. The van der Waals surface area contributed by atoms with E-state index in [4.69, 9.17) is 10.3 Å². The van der Waals surface area contributed by atoms with E-state index in [0.29, 0.717) is 17.4 Å². The number of nitrogens with zero attached hydrogens (tertiary/aromatic N) is 2. The number of hydrogen-bond donors (Lipinski definition) is 1. The van der Waals surface area contributed by atoms with Crippen molar-refractivity contribution in [3.05, 3.63) is 28.5 Å². The van der Waals surface area contributed by atoms with E-state index in [1.807, 2.05) is 39.0 Å². The van der Waals surface area contributed by atoms with Crippen LogP contribution in [0.15, 0.2) is 27.2 Å². The highest BCUT2D eigenvalue weighted by molar-refractivity contribution is 9.10. The average Bonchev–Trinajstić information content (AvgIpc) is 2.65. The van der Waals surface area contributed by atoms with Gasteiger partial charge in [-0.3, -0.25) is 0 Å². The maximum Gasteiger partial charge on any atom is 0.260 e. The van der Waals surface area contributed by atoms with Gasteiger partial charge in [0.25, 0.3) is 5.89 Å². The van der Waals surface area contributed by atoms with Gasteiger partial charge in [0, 0.05) is 15.6 Å². The standard InChI is InChI=1S/C12H14BrN3O.ClH/c1-12(2,3)11-15-10(17-16-11)8-5-4-7(13)6-9(8)14;/h4-6H,14H2,1-3H3;1H. The molecule has 0 aliphatic carbocycles. The molecule has 4 nitrogen and oxygen atoms in total. The molecule has 98 valence electrons. The van der Waals surface area contributed by atoms with Gasteiger partial charge in [-0.05, 0) is 18.2 Å². The van der Waals surface area contributed by atoms with Crippen LogP contribution in [0.2, 0.25) is 0 Å². The molecule has 0 radical (unpaired) electrons. The summed E-state index contributed by atoms with van der Waals surface area (Å²) in [6, 6.07) is 5.57. The van der Waals surface area contributed by atoms with Crippen LogP contribution in [0.1, 0.15) is 26.6 Å². The van der Waals surface area contributed by atoms with Crippen molar-refractivity contribution in [2.24, 2.45) is 0 Å². The lowest BCUT2D eigenvalue weighted by Gasteiger charge is -2.10. The van der Waals surface area contributed by atoms with Crippen LogP contribution >= 0.6 is 28.3 Å². The van der Waals surface area contributed by atoms with Crippen molar-refractivity contribution >= 4 is 34.0 Å². The van der Waals surface area contributed by atoms with E-state index in [9.17, 15) is 0 Å². The minimum absolute atomic E-state index is 0. The van der Waals surface area contributed by atoms with Gasteiger partial charge < -0.3 is 10.3 Å². The van der Waals surface area contributed by atoms with E-state index in [2.05, 4.69) is 26.1 Å². The number of nitrogens with two attached hydrogens (primary N) is 1. The zero-order valence-corrected chi connectivity index (χ0v) is 12.8. The first kappa shape index (κ1) is 15.0. The molecule has 2 rings (SSSR count). The van der Waals surface area contributed by atoms with Gasteiger partial charge in [-0.25, -0.2) is 0 Å². The van der Waals surface area contributed by atoms with Crippen LogP contribution in [-0.2, 0) is 5.41 Å². The van der Waals surface area contributed by atoms with Gasteiger partial charge in [-0.15, -0.1) is 12.4 Å². The Hall–Kier alpha value is -1.07. The molecule has 18 heavy (non-hydrogen) atoms. The van der Waals surface area contributed by atoms with Crippen LogP contribution in [0.25, 0.3) is 11.5 Å². The molecule has 0 amide bonds. The van der Waals surface area contributed by atoms with Crippen molar-refractivity contribution < 1.29 is 4.52 Å². The lowest BCUT2D eigenvalue weighted by molar-refractivity contribution is 0.402. The minimum atomic E-state index is -0.133. The molecule has 6 heteroatoms. The second kappa shape index (κ2) is 5.28. The highest BCUT2D eigenvalue weighted by Crippen LogP contribution is 2.29. The zero-order valence-electron chi connectivity index (χ0n) is 10.4. The number of benzene rings is 1. The smallest absolute Gasteiger partial charge is 0.260 e. The predicted octanol–water partition coefficient (Wildman–Crippen LogP) is 3.80. The molecule has 1 aromatic heterocycles. The molecule has 1 aromatic carbocycles. The molecule has 0 fully saturated rings. The molecule has 0 spiro atoms. The van der Waals surface area contributed by atoms with E-state index < -0.39 is 0 Å². The SMILES string of the molecule is CC(C)(C)c1noc(-c2ccc(Br)cc2N)n1.Cl. The fraction of sp³-hybridized carbons (Fsp3) is 0.333. The van der Waals surface area contributed by atoms with Crippen molar-refractivity contribution in [3.8, 4) is 11.5 Å². The summed E-state index contributed by atoms with van der Waals surface area (Å²) in [5, 5.41) is 3.97. The minimum Gasteiger partial charge on any atom is -0.398 e. The summed E-state index contributed by atoms with van der Waals surface area (Å²) in [4.78, 5) is 4.37. The Bertz CT molecular complexity index is 548. The Morgan fingerprint density at radius 3 is 2.44 bits per heavy atom. The Labute approximate surface area is 120 Å². The van der Waals surface area contributed by atoms with Crippen molar-refractivity contribution in [1.82, 2.24) is 10.1 Å². The number of halogens is 2. The third-order valence-corrected chi connectivity index (χ3v) is 2.83. The molecule has 0 atom stereocenters. The summed E-state index contributed by atoms with van der Waals surface area (Å²) < 4.78 is 6.17. The topological polar surface area (TPSA) is 64.9 Å². The molecule has 2 aromatic rings. The summed E-state index contributed by atoms with van der Waals surface area (Å²) in [5.41, 5.74) is 7.16. The third-order valence-electron chi connectivity index (χ3n) is 2.34. The monoisotopic (exact) mass is 331 g/mol. The Morgan fingerprint density at radius 1 is 1.28 bits per heavy atom. The second-order valence-electron chi connectivity index (χ2n) is 4.90. The molecular formula is C12H15BrClN3O. The van der Waals surface area contributed by atoms with Crippen LogP contribution in [0.4, 0.5) is 5.69 Å². The van der Waals surface area contributed by atoms with Crippen molar-refractivity contribution in [3.63, 3.8) is 0 Å². The van der Waals surface area contributed by atoms with Crippen LogP contribution in [-0.4, -0.2) is 10.1 Å². The highest BCUT2D eigenvalue weighted by Gasteiger charge is 2.22. The van der Waals surface area contributed by atoms with E-state index in [1.54, 1.807) is 0 Å². The van der Waals surface area contributed by atoms with Gasteiger partial charge in [-0.1, -0.05) is 41.9 Å². The van der Waals surface area contributed by atoms with Crippen molar-refractivity contribution in [2.75, 3.05) is 5.73 Å². The summed E-state index contributed by atoms with van der Waals surface area (Å²) in [5.74, 6) is 1.13. The van der Waals surface area contributed by atoms with E-state index in [-0.39, 0.29) is 17.8 Å². The summed E-state index contributed by atoms with van der Waals surface area (Å²) in [6.45, 7) is 6.10. The molecule has 0 unspecified atom stereocenters. The molecular weight excluding hydrogens is 318 g/mol. The fourth-order valence-corrected chi connectivity index (χ4v) is 1.74. The average molecular weight is 333 g/mol. The molecule has 0 bridgehead atoms. The predicted molar refractivity (Wildman–Crippen MR) is 77.8 cm³/mol. The van der Waals surface area contributed by atoms with Gasteiger partial charge in [0.1, 0.15) is 0 Å². The molecule has 1 heterocycles. The van der Waals surface area contributed by atoms with Gasteiger partial charge in [-0.2, -0.15) is 4.98 Å². The third kappa shape index (κ3) is 3.03. The Morgan fingerprint density at radius 2 is 1.94 bits per heavy atom. The van der Waals surface area contributed by atoms with Gasteiger partial charge in [0.2, 0.25) is 0 Å². The molecule has 2 N–H and O–H groups in total. The molecule has 0 aliphatic rings. The van der Waals surface area contributed by atoms with E-state index in [0.717, 1.165) is 10.0 Å². The summed E-state index contributed by atoms with van der Waals surface area (Å²) >= 11 is 3.36. The second-order valence-corrected chi connectivity index (χ2v) is 5.82. The first-order valence-electron chi connectivity index (χ1n) is 5.27. The lowest BCUT2D eigenvalue weighted by atomic mass is 9.96. The summed E-state index contributed by atoms with van der Waals surface area (Å²) in [7, 11) is 0. The number of aromatic nitrogens is 2. The maximum atomic E-state index is 5.91. The lowest BCUT2D eigenvalue weighted by Crippen LogP contribution is -2.13. The van der Waals surface area contributed by atoms with Crippen LogP contribution in [0, 0.1) is 0 Å². The maximum absolute atomic E-state index is 5.91. The molecule has 0 aliphatic heterocycles. The van der Waals surface area contributed by atoms with Gasteiger partial charge in [0.15, 0.2) is 5.82 Å². The zero-order chi connectivity index (χ0) is 12.6. The largest absolute Gasteiger partial charge is 0.398 e. The van der Waals surface area contributed by atoms with Crippen molar-refractivity contribution in [2.45, 2.75) is 26.2 Å². The van der Waals surface area contributed by atoms with Crippen LogP contribution in [0.3, 0.4) is 0 Å². The Kier molecular flexibility index (Phi) is 4.40. The normalized spacial score (nSPS) is 11.1. The number of rotatable bonds is 1. The highest BCUT2D eigenvalue weighted by atomic mass is 79.9. The summed E-state index contributed by atoms with van der Waals surface area (Å²) in [6.07, 6.45) is 0. The van der Waals surface area contributed by atoms with E-state index >= 15 is 0 Å². The van der Waals surface area contributed by atoms with Crippen LogP contribution < -0.4 is 5.73 Å². The molecule has 0 saturated carbocycles. The number of anilines is 1. The van der Waals surface area contributed by atoms with Crippen LogP contribution in [0.5, 0.6) is 0 Å². The van der Waals surface area contributed by atoms with Gasteiger partial charge >= 0.3 is 0 Å².